The smallest absolute Gasteiger partial charge is 0.289 e. The summed E-state index contributed by atoms with van der Waals surface area (Å²) in [6.07, 6.45) is 2.46. The molecule has 3 heterocycles. The van der Waals surface area contributed by atoms with Crippen LogP contribution < -0.4 is 0 Å². The molecule has 6 heteroatoms. The van der Waals surface area contributed by atoms with Crippen molar-refractivity contribution < 1.29 is 9.21 Å². The van der Waals surface area contributed by atoms with Gasteiger partial charge >= 0.3 is 0 Å². The van der Waals surface area contributed by atoms with Crippen molar-refractivity contribution in [1.82, 2.24) is 14.4 Å². The molecule has 3 rings (SSSR count). The van der Waals surface area contributed by atoms with Gasteiger partial charge in [0.1, 0.15) is 11.8 Å². The molecule has 0 aromatic carbocycles. The Kier molecular flexibility index (Phi) is 4.72. The van der Waals surface area contributed by atoms with Gasteiger partial charge in [-0.05, 0) is 37.1 Å². The van der Waals surface area contributed by atoms with E-state index in [0.717, 1.165) is 38.3 Å². The average Bonchev–Trinajstić information content (AvgIpc) is 3.13. The van der Waals surface area contributed by atoms with Crippen LogP contribution in [0.25, 0.3) is 0 Å². The van der Waals surface area contributed by atoms with Gasteiger partial charge in [0.2, 0.25) is 0 Å². The zero-order valence-electron chi connectivity index (χ0n) is 14.2. The SMILES string of the molecule is Cc1c(CN2CCCN(C(=O)c3ccco3)CC2)cc(C#N)n1C. The Bertz CT molecular complexity index is 755. The molecule has 0 aliphatic carbocycles. The van der Waals surface area contributed by atoms with Crippen LogP contribution in [0.15, 0.2) is 28.9 Å². The van der Waals surface area contributed by atoms with Gasteiger partial charge in [0, 0.05) is 45.5 Å². The second-order valence-corrected chi connectivity index (χ2v) is 6.21. The van der Waals surface area contributed by atoms with E-state index in [9.17, 15) is 4.79 Å². The number of nitrogens with zero attached hydrogens (tertiary/aromatic N) is 4. The summed E-state index contributed by atoms with van der Waals surface area (Å²) in [5, 5.41) is 9.16. The van der Waals surface area contributed by atoms with Gasteiger partial charge in [-0.1, -0.05) is 0 Å². The number of hydrogen-bond donors (Lipinski definition) is 0. The summed E-state index contributed by atoms with van der Waals surface area (Å²) in [7, 11) is 1.92. The molecular formula is C18H22N4O2. The lowest BCUT2D eigenvalue weighted by Crippen LogP contribution is -2.34. The van der Waals surface area contributed by atoms with Gasteiger partial charge < -0.3 is 13.9 Å². The summed E-state index contributed by atoms with van der Waals surface area (Å²) in [5.74, 6) is 0.366. The van der Waals surface area contributed by atoms with Gasteiger partial charge in [-0.25, -0.2) is 0 Å². The normalized spacial score (nSPS) is 16.0. The molecule has 0 atom stereocenters. The van der Waals surface area contributed by atoms with E-state index in [2.05, 4.69) is 11.0 Å². The molecule has 24 heavy (non-hydrogen) atoms. The third-order valence-electron chi connectivity index (χ3n) is 4.76. The van der Waals surface area contributed by atoms with Crippen LogP contribution in [0.4, 0.5) is 0 Å². The van der Waals surface area contributed by atoms with E-state index in [1.165, 1.54) is 11.8 Å². The number of carbonyl (C=O) groups is 1. The van der Waals surface area contributed by atoms with E-state index < -0.39 is 0 Å². The minimum Gasteiger partial charge on any atom is -0.459 e. The molecule has 2 aromatic heterocycles. The van der Waals surface area contributed by atoms with E-state index in [1.807, 2.05) is 29.5 Å². The second-order valence-electron chi connectivity index (χ2n) is 6.21. The first kappa shape index (κ1) is 16.3. The maximum atomic E-state index is 12.4. The first-order chi connectivity index (χ1) is 11.6. The van der Waals surface area contributed by atoms with Gasteiger partial charge in [0.25, 0.3) is 5.91 Å². The lowest BCUT2D eigenvalue weighted by Gasteiger charge is -2.21. The summed E-state index contributed by atoms with van der Waals surface area (Å²) >= 11 is 0. The molecule has 0 spiro atoms. The number of amides is 1. The minimum atomic E-state index is -0.0375. The zero-order valence-corrected chi connectivity index (χ0v) is 14.2. The Morgan fingerprint density at radius 1 is 1.33 bits per heavy atom. The Morgan fingerprint density at radius 2 is 2.17 bits per heavy atom. The standard InChI is InChI=1S/C18H22N4O2/c1-14-15(11-16(12-19)20(14)2)13-21-6-4-7-22(9-8-21)18(23)17-5-3-10-24-17/h3,5,10-11H,4,6-9,13H2,1-2H3. The van der Waals surface area contributed by atoms with Crippen LogP contribution in [0.5, 0.6) is 0 Å². The quantitative estimate of drug-likeness (QED) is 0.867. The van der Waals surface area contributed by atoms with Crippen molar-refractivity contribution in [2.24, 2.45) is 7.05 Å². The van der Waals surface area contributed by atoms with Crippen molar-refractivity contribution in [2.75, 3.05) is 26.2 Å². The maximum Gasteiger partial charge on any atom is 0.289 e. The molecule has 1 saturated heterocycles. The van der Waals surface area contributed by atoms with Crippen LogP contribution in [0.3, 0.4) is 0 Å². The van der Waals surface area contributed by atoms with Crippen LogP contribution in [-0.4, -0.2) is 46.5 Å². The van der Waals surface area contributed by atoms with E-state index in [0.29, 0.717) is 18.0 Å². The third kappa shape index (κ3) is 3.22. The molecule has 2 aromatic rings. The molecule has 1 fully saturated rings. The zero-order chi connectivity index (χ0) is 17.1. The third-order valence-corrected chi connectivity index (χ3v) is 4.76. The fraction of sp³-hybridized carbons (Fsp3) is 0.444. The van der Waals surface area contributed by atoms with Crippen LogP contribution in [0.1, 0.15) is 33.9 Å². The highest BCUT2D eigenvalue weighted by atomic mass is 16.3. The van der Waals surface area contributed by atoms with Gasteiger partial charge in [0.05, 0.1) is 6.26 Å². The van der Waals surface area contributed by atoms with Crippen LogP contribution in [0, 0.1) is 18.3 Å². The van der Waals surface area contributed by atoms with Gasteiger partial charge in [-0.15, -0.1) is 0 Å². The fourth-order valence-corrected chi connectivity index (χ4v) is 3.16. The number of furan rings is 1. The van der Waals surface area contributed by atoms with E-state index in [-0.39, 0.29) is 5.91 Å². The summed E-state index contributed by atoms with van der Waals surface area (Å²) < 4.78 is 7.15. The predicted octanol–water partition coefficient (Wildman–Crippen LogP) is 2.15. The average molecular weight is 326 g/mol. The number of rotatable bonds is 3. The van der Waals surface area contributed by atoms with Crippen LogP contribution in [-0.2, 0) is 13.6 Å². The van der Waals surface area contributed by atoms with Crippen molar-refractivity contribution in [3.63, 3.8) is 0 Å². The molecular weight excluding hydrogens is 304 g/mol. The summed E-state index contributed by atoms with van der Waals surface area (Å²) in [5.41, 5.74) is 2.99. The summed E-state index contributed by atoms with van der Waals surface area (Å²) in [6, 6.07) is 7.64. The largest absolute Gasteiger partial charge is 0.459 e. The first-order valence-corrected chi connectivity index (χ1v) is 8.20. The molecule has 126 valence electrons. The summed E-state index contributed by atoms with van der Waals surface area (Å²) in [4.78, 5) is 16.6. The maximum absolute atomic E-state index is 12.4. The van der Waals surface area contributed by atoms with Gasteiger partial charge in [-0.3, -0.25) is 9.69 Å². The number of hydrogen-bond acceptors (Lipinski definition) is 4. The molecule has 1 aliphatic heterocycles. The second kappa shape index (κ2) is 6.93. The lowest BCUT2D eigenvalue weighted by molar-refractivity contribution is 0.0729. The molecule has 0 bridgehead atoms. The molecule has 6 nitrogen and oxygen atoms in total. The molecule has 1 amide bonds. The van der Waals surface area contributed by atoms with Crippen molar-refractivity contribution in [3.8, 4) is 6.07 Å². The molecule has 0 radical (unpaired) electrons. The Balaban J connectivity index is 1.64. The van der Waals surface area contributed by atoms with Crippen LogP contribution in [0.2, 0.25) is 0 Å². The van der Waals surface area contributed by atoms with Gasteiger partial charge in [-0.2, -0.15) is 5.26 Å². The highest BCUT2D eigenvalue weighted by Gasteiger charge is 2.22. The Hall–Kier alpha value is -2.52. The highest BCUT2D eigenvalue weighted by molar-refractivity contribution is 5.91. The highest BCUT2D eigenvalue weighted by Crippen LogP contribution is 2.17. The Labute approximate surface area is 141 Å². The number of carbonyl (C=O) groups excluding carboxylic acids is 1. The number of nitriles is 1. The van der Waals surface area contributed by atoms with Crippen molar-refractivity contribution in [3.05, 3.63) is 47.2 Å². The van der Waals surface area contributed by atoms with E-state index in [1.54, 1.807) is 12.1 Å². The molecule has 0 saturated carbocycles. The molecule has 1 aliphatic rings. The van der Waals surface area contributed by atoms with Crippen molar-refractivity contribution in [1.29, 1.82) is 5.26 Å². The fourth-order valence-electron chi connectivity index (χ4n) is 3.16. The van der Waals surface area contributed by atoms with E-state index in [4.69, 9.17) is 9.68 Å². The first-order valence-electron chi connectivity index (χ1n) is 8.20. The summed E-state index contributed by atoms with van der Waals surface area (Å²) in [6.45, 7) is 6.05. The number of aromatic nitrogens is 1. The predicted molar refractivity (Wildman–Crippen MR) is 89.4 cm³/mol. The molecule has 0 N–H and O–H groups in total. The minimum absolute atomic E-state index is 0.0375. The van der Waals surface area contributed by atoms with E-state index >= 15 is 0 Å². The molecule has 0 unspecified atom stereocenters. The van der Waals surface area contributed by atoms with Crippen molar-refractivity contribution in [2.45, 2.75) is 19.9 Å². The van der Waals surface area contributed by atoms with Gasteiger partial charge in [0.15, 0.2) is 5.76 Å². The van der Waals surface area contributed by atoms with Crippen molar-refractivity contribution >= 4 is 5.91 Å². The Morgan fingerprint density at radius 3 is 2.83 bits per heavy atom. The monoisotopic (exact) mass is 326 g/mol. The topological polar surface area (TPSA) is 65.4 Å². The lowest BCUT2D eigenvalue weighted by atomic mass is 10.2. The van der Waals surface area contributed by atoms with Crippen LogP contribution >= 0.6 is 0 Å².